The van der Waals surface area contributed by atoms with Crippen LogP contribution >= 0.6 is 0 Å². The fourth-order valence-corrected chi connectivity index (χ4v) is 2.39. The van der Waals surface area contributed by atoms with Crippen LogP contribution in [-0.4, -0.2) is 40.7 Å². The molecule has 0 atom stereocenters. The number of benzene rings is 1. The third kappa shape index (κ3) is 3.34. The molecular formula is C17H17N3O3. The highest BCUT2D eigenvalue weighted by Crippen LogP contribution is 2.29. The zero-order chi connectivity index (χ0) is 16.2. The van der Waals surface area contributed by atoms with Crippen molar-refractivity contribution in [1.82, 2.24) is 15.1 Å². The molecule has 23 heavy (non-hydrogen) atoms. The van der Waals surface area contributed by atoms with Gasteiger partial charge in [0, 0.05) is 6.04 Å². The Morgan fingerprint density at radius 2 is 2.22 bits per heavy atom. The Labute approximate surface area is 134 Å². The van der Waals surface area contributed by atoms with Crippen LogP contribution in [0.4, 0.5) is 0 Å². The lowest BCUT2D eigenvalue weighted by molar-refractivity contribution is -0.130. The van der Waals surface area contributed by atoms with Crippen LogP contribution < -0.4 is 4.74 Å². The van der Waals surface area contributed by atoms with Crippen molar-refractivity contribution in [2.75, 3.05) is 13.7 Å². The average molecular weight is 311 g/mol. The molecule has 1 aromatic carbocycles. The van der Waals surface area contributed by atoms with E-state index in [9.17, 15) is 4.79 Å². The number of rotatable bonds is 6. The molecule has 1 aliphatic carbocycles. The van der Waals surface area contributed by atoms with Crippen LogP contribution in [0.25, 0.3) is 11.5 Å². The lowest BCUT2D eigenvalue weighted by atomic mass is 10.2. The second-order valence-corrected chi connectivity index (χ2v) is 5.33. The number of hydrogen-bond acceptors (Lipinski definition) is 5. The molecule has 0 aliphatic heterocycles. The summed E-state index contributed by atoms with van der Waals surface area (Å²) in [6, 6.07) is 7.61. The summed E-state index contributed by atoms with van der Waals surface area (Å²) in [6.45, 7) is 0.316. The van der Waals surface area contributed by atoms with Crippen LogP contribution in [0, 0.1) is 12.3 Å². The summed E-state index contributed by atoms with van der Waals surface area (Å²) in [5.41, 5.74) is 0.698. The van der Waals surface area contributed by atoms with E-state index < -0.39 is 0 Å². The summed E-state index contributed by atoms with van der Waals surface area (Å²) in [7, 11) is 1.58. The zero-order valence-corrected chi connectivity index (χ0v) is 12.9. The molecule has 1 heterocycles. The number of para-hydroxylation sites is 1. The highest BCUT2D eigenvalue weighted by atomic mass is 16.5. The van der Waals surface area contributed by atoms with Gasteiger partial charge in [-0.2, -0.15) is 0 Å². The SMILES string of the molecule is C#CCN(C(=O)Cc1nnc(-c2ccccc2OC)o1)C1CC1. The van der Waals surface area contributed by atoms with Gasteiger partial charge in [0.15, 0.2) is 0 Å². The normalized spacial score (nSPS) is 13.4. The topological polar surface area (TPSA) is 68.5 Å². The molecule has 1 amide bonds. The van der Waals surface area contributed by atoms with Crippen molar-refractivity contribution in [2.24, 2.45) is 0 Å². The molecule has 2 aromatic rings. The first-order valence-electron chi connectivity index (χ1n) is 7.41. The van der Waals surface area contributed by atoms with Crippen LogP contribution in [0.15, 0.2) is 28.7 Å². The number of aromatic nitrogens is 2. The van der Waals surface area contributed by atoms with E-state index in [1.807, 2.05) is 24.3 Å². The van der Waals surface area contributed by atoms with E-state index in [2.05, 4.69) is 16.1 Å². The molecule has 6 heteroatoms. The van der Waals surface area contributed by atoms with Gasteiger partial charge in [-0.15, -0.1) is 16.6 Å². The standard InChI is InChI=1S/C17H17N3O3/c1-3-10-20(12-8-9-12)16(21)11-15-18-19-17(23-15)13-6-4-5-7-14(13)22-2/h1,4-7,12H,8-11H2,2H3. The maximum Gasteiger partial charge on any atom is 0.251 e. The van der Waals surface area contributed by atoms with Crippen molar-refractivity contribution in [3.05, 3.63) is 30.2 Å². The molecule has 1 fully saturated rings. The molecule has 6 nitrogen and oxygen atoms in total. The monoisotopic (exact) mass is 311 g/mol. The minimum atomic E-state index is -0.0827. The first-order valence-corrected chi connectivity index (χ1v) is 7.41. The number of carbonyl (C=O) groups excluding carboxylic acids is 1. The number of terminal acetylenes is 1. The van der Waals surface area contributed by atoms with Gasteiger partial charge >= 0.3 is 0 Å². The van der Waals surface area contributed by atoms with Gasteiger partial charge in [0.1, 0.15) is 12.2 Å². The number of ether oxygens (including phenoxy) is 1. The summed E-state index contributed by atoms with van der Waals surface area (Å²) >= 11 is 0. The van der Waals surface area contributed by atoms with Gasteiger partial charge in [0.25, 0.3) is 5.89 Å². The van der Waals surface area contributed by atoms with Gasteiger partial charge in [0.2, 0.25) is 11.8 Å². The Hall–Kier alpha value is -2.81. The molecule has 1 aromatic heterocycles. The van der Waals surface area contributed by atoms with Gasteiger partial charge in [-0.05, 0) is 25.0 Å². The lowest BCUT2D eigenvalue weighted by Gasteiger charge is -2.18. The first-order chi connectivity index (χ1) is 11.2. The number of carbonyl (C=O) groups is 1. The molecular weight excluding hydrogens is 294 g/mol. The van der Waals surface area contributed by atoms with E-state index >= 15 is 0 Å². The van der Waals surface area contributed by atoms with Crippen molar-refractivity contribution >= 4 is 5.91 Å². The van der Waals surface area contributed by atoms with Crippen LogP contribution in [0.1, 0.15) is 18.7 Å². The summed E-state index contributed by atoms with van der Waals surface area (Å²) in [4.78, 5) is 14.0. The van der Waals surface area contributed by atoms with Gasteiger partial charge in [-0.25, -0.2) is 0 Å². The van der Waals surface area contributed by atoms with Gasteiger partial charge < -0.3 is 14.1 Å². The van der Waals surface area contributed by atoms with Gasteiger partial charge in [0.05, 0.1) is 19.2 Å². The second-order valence-electron chi connectivity index (χ2n) is 5.33. The fourth-order valence-electron chi connectivity index (χ4n) is 2.39. The second kappa shape index (κ2) is 6.53. The molecule has 1 aliphatic rings. The highest BCUT2D eigenvalue weighted by Gasteiger charge is 2.32. The third-order valence-corrected chi connectivity index (χ3v) is 3.68. The summed E-state index contributed by atoms with van der Waals surface area (Å²) in [5.74, 6) is 3.69. The molecule has 0 radical (unpaired) electrons. The summed E-state index contributed by atoms with van der Waals surface area (Å²) in [6.07, 6.45) is 7.39. The average Bonchev–Trinajstić information content (AvgIpc) is 3.31. The van der Waals surface area contributed by atoms with E-state index in [0.29, 0.717) is 23.7 Å². The molecule has 0 spiro atoms. The Bertz CT molecular complexity index is 744. The van der Waals surface area contributed by atoms with Crippen molar-refractivity contribution in [1.29, 1.82) is 0 Å². The number of methoxy groups -OCH3 is 1. The Kier molecular flexibility index (Phi) is 4.29. The Morgan fingerprint density at radius 1 is 1.43 bits per heavy atom. The number of hydrogen-bond donors (Lipinski definition) is 0. The highest BCUT2D eigenvalue weighted by molar-refractivity contribution is 5.78. The zero-order valence-electron chi connectivity index (χ0n) is 12.9. The molecule has 0 saturated heterocycles. The molecule has 0 bridgehead atoms. The number of nitrogens with zero attached hydrogens (tertiary/aromatic N) is 3. The van der Waals surface area contributed by atoms with E-state index in [1.54, 1.807) is 12.0 Å². The maximum absolute atomic E-state index is 12.3. The van der Waals surface area contributed by atoms with Crippen LogP contribution in [0.2, 0.25) is 0 Å². The predicted octanol–water partition coefficient (Wildman–Crippen LogP) is 1.91. The van der Waals surface area contributed by atoms with E-state index in [0.717, 1.165) is 12.8 Å². The van der Waals surface area contributed by atoms with Crippen molar-refractivity contribution in [3.63, 3.8) is 0 Å². The molecule has 0 unspecified atom stereocenters. The minimum Gasteiger partial charge on any atom is -0.496 e. The molecule has 3 rings (SSSR count). The molecule has 0 N–H and O–H groups in total. The van der Waals surface area contributed by atoms with Crippen molar-refractivity contribution in [2.45, 2.75) is 25.3 Å². The minimum absolute atomic E-state index is 0.0559. The van der Waals surface area contributed by atoms with Crippen molar-refractivity contribution in [3.8, 4) is 29.5 Å². The van der Waals surface area contributed by atoms with Gasteiger partial charge in [-0.1, -0.05) is 18.1 Å². The van der Waals surface area contributed by atoms with Crippen molar-refractivity contribution < 1.29 is 13.9 Å². The Morgan fingerprint density at radius 3 is 2.91 bits per heavy atom. The van der Waals surface area contributed by atoms with Gasteiger partial charge in [-0.3, -0.25) is 4.79 Å². The first kappa shape index (κ1) is 15.1. The number of amides is 1. The quantitative estimate of drug-likeness (QED) is 0.762. The van der Waals surface area contributed by atoms with E-state index in [1.165, 1.54) is 0 Å². The maximum atomic E-state index is 12.3. The molecule has 118 valence electrons. The fraction of sp³-hybridized carbons (Fsp3) is 0.353. The lowest BCUT2D eigenvalue weighted by Crippen LogP contribution is -2.34. The smallest absolute Gasteiger partial charge is 0.251 e. The van der Waals surface area contributed by atoms with Crippen LogP contribution in [-0.2, 0) is 11.2 Å². The molecule has 1 saturated carbocycles. The summed E-state index contributed by atoms with van der Waals surface area (Å²) < 4.78 is 10.9. The largest absolute Gasteiger partial charge is 0.496 e. The third-order valence-electron chi connectivity index (χ3n) is 3.68. The predicted molar refractivity (Wildman–Crippen MR) is 83.6 cm³/mol. The Balaban J connectivity index is 1.74. The summed E-state index contributed by atoms with van der Waals surface area (Å²) in [5, 5.41) is 7.97. The van der Waals surface area contributed by atoms with E-state index in [-0.39, 0.29) is 24.3 Å². The van der Waals surface area contributed by atoms with Crippen LogP contribution in [0.5, 0.6) is 5.75 Å². The van der Waals surface area contributed by atoms with E-state index in [4.69, 9.17) is 15.6 Å². The van der Waals surface area contributed by atoms with Crippen LogP contribution in [0.3, 0.4) is 0 Å².